The van der Waals surface area contributed by atoms with Crippen LogP contribution in [-0.4, -0.2) is 29.0 Å². The minimum Gasteiger partial charge on any atom is -0.379 e. The van der Waals surface area contributed by atoms with Gasteiger partial charge in [0, 0.05) is 28.8 Å². The molecule has 1 aromatic heterocycles. The third kappa shape index (κ3) is 3.02. The summed E-state index contributed by atoms with van der Waals surface area (Å²) in [7, 11) is -4.25. The molecule has 2 aromatic carbocycles. The van der Waals surface area contributed by atoms with Crippen LogP contribution in [0.3, 0.4) is 0 Å². The van der Waals surface area contributed by atoms with Crippen LogP contribution in [0.5, 0.6) is 5.75 Å². The highest BCUT2D eigenvalue weighted by molar-refractivity contribution is 7.96. The van der Waals surface area contributed by atoms with Crippen LogP contribution in [0, 0.1) is 0 Å². The number of fused-ring (bicyclic) bond motifs is 2. The summed E-state index contributed by atoms with van der Waals surface area (Å²) in [6.45, 7) is 0. The topological polar surface area (TPSA) is 113 Å². The zero-order valence-corrected chi connectivity index (χ0v) is 14.7. The van der Waals surface area contributed by atoms with E-state index in [0.29, 0.717) is 16.6 Å². The van der Waals surface area contributed by atoms with Crippen molar-refractivity contribution in [3.05, 3.63) is 83.5 Å². The molecule has 1 heterocycles. The Hall–Kier alpha value is -3.32. The number of aromatic nitrogens is 1. The molecule has 1 atom stereocenters. The Kier molecular flexibility index (Phi) is 4.08. The predicted octanol–water partition coefficient (Wildman–Crippen LogP) is 2.70. The second-order valence-electron chi connectivity index (χ2n) is 5.92. The first-order chi connectivity index (χ1) is 13.0. The van der Waals surface area contributed by atoms with E-state index in [1.165, 1.54) is 6.07 Å². The number of nitrogens with zero attached hydrogens (tertiary/aromatic N) is 3. The maximum Gasteiger partial charge on any atom is 0.340 e. The normalized spacial score (nSPS) is 16.4. The van der Waals surface area contributed by atoms with E-state index in [2.05, 4.69) is 9.77 Å². The zero-order valence-electron chi connectivity index (χ0n) is 13.9. The van der Waals surface area contributed by atoms with Crippen molar-refractivity contribution in [3.8, 4) is 5.75 Å². The lowest BCUT2D eigenvalue weighted by atomic mass is 9.93. The maximum absolute atomic E-state index is 12.9. The van der Waals surface area contributed by atoms with Gasteiger partial charge in [-0.25, -0.2) is 0 Å². The molecule has 0 aliphatic heterocycles. The van der Waals surface area contributed by atoms with Crippen LogP contribution in [0.1, 0.15) is 17.2 Å². The van der Waals surface area contributed by atoms with Crippen molar-refractivity contribution in [3.63, 3.8) is 0 Å². The molecule has 0 saturated heterocycles. The molecule has 0 fully saturated rings. The van der Waals surface area contributed by atoms with Crippen molar-refractivity contribution in [2.45, 2.75) is 6.10 Å². The quantitative estimate of drug-likeness (QED) is 0.427. The van der Waals surface area contributed by atoms with E-state index in [1.807, 2.05) is 0 Å². The van der Waals surface area contributed by atoms with Crippen molar-refractivity contribution < 1.29 is 22.5 Å². The molecule has 0 amide bonds. The second-order valence-corrected chi connectivity index (χ2v) is 7.43. The molecule has 0 spiro atoms. The first-order valence-electron chi connectivity index (χ1n) is 8.00. The highest BCUT2D eigenvalue weighted by atomic mass is 32.2. The molecule has 1 unspecified atom stereocenters. The van der Waals surface area contributed by atoms with Crippen molar-refractivity contribution >= 4 is 31.6 Å². The minimum absolute atomic E-state index is 0.127. The number of hydrogen-bond donors (Lipinski definition) is 1. The molecule has 27 heavy (non-hydrogen) atoms. The van der Waals surface area contributed by atoms with E-state index in [-0.39, 0.29) is 16.4 Å². The SMILES string of the molecule is [N-]=[N+]=C1C=C(S(=O)(=O)Oc2ccc3ncccc3c2)c2ccccc2C1O. The summed E-state index contributed by atoms with van der Waals surface area (Å²) in [6.07, 6.45) is 1.52. The minimum atomic E-state index is -4.25. The molecule has 7 nitrogen and oxygen atoms in total. The van der Waals surface area contributed by atoms with Crippen LogP contribution in [0.2, 0.25) is 0 Å². The number of rotatable bonds is 3. The van der Waals surface area contributed by atoms with Gasteiger partial charge in [-0.1, -0.05) is 30.3 Å². The van der Waals surface area contributed by atoms with Gasteiger partial charge in [-0.2, -0.15) is 13.2 Å². The summed E-state index contributed by atoms with van der Waals surface area (Å²) >= 11 is 0. The van der Waals surface area contributed by atoms with Gasteiger partial charge < -0.3 is 14.8 Å². The Morgan fingerprint density at radius 3 is 2.74 bits per heavy atom. The highest BCUT2D eigenvalue weighted by Gasteiger charge is 2.36. The molecular formula is C19H13N3O4S. The number of aliphatic hydroxyl groups is 1. The van der Waals surface area contributed by atoms with Crippen LogP contribution in [-0.2, 0) is 10.1 Å². The third-order valence-electron chi connectivity index (χ3n) is 4.25. The summed E-state index contributed by atoms with van der Waals surface area (Å²) in [4.78, 5) is 6.99. The lowest BCUT2D eigenvalue weighted by Crippen LogP contribution is -2.22. The third-order valence-corrected chi connectivity index (χ3v) is 5.53. The molecule has 1 N–H and O–H groups in total. The van der Waals surface area contributed by atoms with Gasteiger partial charge in [-0.15, -0.1) is 0 Å². The molecule has 0 radical (unpaired) electrons. The zero-order chi connectivity index (χ0) is 19.0. The van der Waals surface area contributed by atoms with Crippen LogP contribution in [0.15, 0.2) is 66.9 Å². The van der Waals surface area contributed by atoms with E-state index < -0.39 is 16.2 Å². The van der Waals surface area contributed by atoms with Gasteiger partial charge in [0.05, 0.1) is 5.52 Å². The molecule has 1 aliphatic carbocycles. The molecular weight excluding hydrogens is 366 g/mol. The molecule has 0 bridgehead atoms. The van der Waals surface area contributed by atoms with Crippen molar-refractivity contribution in [1.29, 1.82) is 0 Å². The van der Waals surface area contributed by atoms with Gasteiger partial charge >= 0.3 is 15.8 Å². The van der Waals surface area contributed by atoms with Gasteiger partial charge in [-0.3, -0.25) is 4.98 Å². The van der Waals surface area contributed by atoms with Gasteiger partial charge in [0.1, 0.15) is 10.7 Å². The number of benzene rings is 2. The Morgan fingerprint density at radius 1 is 1.11 bits per heavy atom. The van der Waals surface area contributed by atoms with E-state index in [1.54, 1.807) is 54.7 Å². The van der Waals surface area contributed by atoms with Crippen molar-refractivity contribution in [2.24, 2.45) is 0 Å². The monoisotopic (exact) mass is 379 g/mol. The molecule has 0 saturated carbocycles. The van der Waals surface area contributed by atoms with Gasteiger partial charge in [0.15, 0.2) is 6.10 Å². The van der Waals surface area contributed by atoms with E-state index >= 15 is 0 Å². The van der Waals surface area contributed by atoms with Crippen LogP contribution in [0.25, 0.3) is 21.3 Å². The molecule has 4 rings (SSSR count). The molecule has 1 aliphatic rings. The number of pyridine rings is 1. The first-order valence-corrected chi connectivity index (χ1v) is 9.41. The standard InChI is InChI=1S/C19H13N3O4S/c20-22-17-11-18(14-5-1-2-6-15(14)19(17)23)27(24,25)26-13-7-8-16-12(10-13)4-3-9-21-16/h1-11,19,23H. The van der Waals surface area contributed by atoms with Crippen molar-refractivity contribution in [2.75, 3.05) is 0 Å². The molecule has 3 aromatic rings. The predicted molar refractivity (Wildman–Crippen MR) is 99.3 cm³/mol. The average molecular weight is 379 g/mol. The fourth-order valence-corrected chi connectivity index (χ4v) is 4.14. The summed E-state index contributed by atoms with van der Waals surface area (Å²) in [5.41, 5.74) is 10.3. The second kappa shape index (κ2) is 6.44. The fourth-order valence-electron chi connectivity index (χ4n) is 2.98. The Labute approximate surface area is 154 Å². The largest absolute Gasteiger partial charge is 0.379 e. The average Bonchev–Trinajstić information content (AvgIpc) is 2.68. The lowest BCUT2D eigenvalue weighted by Gasteiger charge is -2.19. The van der Waals surface area contributed by atoms with Gasteiger partial charge in [0.25, 0.3) is 0 Å². The summed E-state index contributed by atoms with van der Waals surface area (Å²) in [5.74, 6) is 0.127. The van der Waals surface area contributed by atoms with E-state index in [0.717, 1.165) is 11.5 Å². The lowest BCUT2D eigenvalue weighted by molar-refractivity contribution is -0.0188. The molecule has 134 valence electrons. The Bertz CT molecular complexity index is 1240. The molecule has 8 heteroatoms. The van der Waals surface area contributed by atoms with Crippen molar-refractivity contribution in [1.82, 2.24) is 4.98 Å². The van der Waals surface area contributed by atoms with Crippen LogP contribution >= 0.6 is 0 Å². The van der Waals surface area contributed by atoms with Gasteiger partial charge in [0.2, 0.25) is 0 Å². The van der Waals surface area contributed by atoms with Crippen LogP contribution in [0.4, 0.5) is 0 Å². The number of hydrogen-bond acceptors (Lipinski definition) is 5. The van der Waals surface area contributed by atoms with Crippen LogP contribution < -0.4 is 4.18 Å². The van der Waals surface area contributed by atoms with E-state index in [4.69, 9.17) is 9.71 Å². The Morgan fingerprint density at radius 2 is 1.93 bits per heavy atom. The first kappa shape index (κ1) is 17.1. The number of aliphatic hydroxyl groups excluding tert-OH is 1. The summed E-state index contributed by atoms with van der Waals surface area (Å²) in [5, 5.41) is 11.0. The fraction of sp³-hybridized carbons (Fsp3) is 0.0526. The smallest absolute Gasteiger partial charge is 0.340 e. The highest BCUT2D eigenvalue weighted by Crippen LogP contribution is 2.35. The maximum atomic E-state index is 12.9. The summed E-state index contributed by atoms with van der Waals surface area (Å²) < 4.78 is 31.1. The Balaban J connectivity index is 1.79. The summed E-state index contributed by atoms with van der Waals surface area (Å²) in [6, 6.07) is 14.7. The van der Waals surface area contributed by atoms with Gasteiger partial charge in [-0.05, 0) is 24.3 Å². The van der Waals surface area contributed by atoms with E-state index in [9.17, 15) is 13.5 Å².